The molecule has 3 rings (SSSR count). The topological polar surface area (TPSA) is 86.9 Å². The van der Waals surface area contributed by atoms with Gasteiger partial charge in [-0.15, -0.1) is 11.3 Å². The van der Waals surface area contributed by atoms with E-state index in [1.54, 1.807) is 37.5 Å². The Labute approximate surface area is 141 Å². The molecule has 2 heterocycles. The molecule has 1 fully saturated rings. The average Bonchev–Trinajstić information content (AvgIpc) is 3.22. The first-order chi connectivity index (χ1) is 11.5. The van der Waals surface area contributed by atoms with E-state index in [-0.39, 0.29) is 17.7 Å². The van der Waals surface area contributed by atoms with Crippen LogP contribution < -0.4 is 0 Å². The van der Waals surface area contributed by atoms with Gasteiger partial charge in [0.15, 0.2) is 5.67 Å². The van der Waals surface area contributed by atoms with Gasteiger partial charge in [-0.05, 0) is 31.9 Å². The van der Waals surface area contributed by atoms with Crippen LogP contribution in [-0.4, -0.2) is 38.9 Å². The molecule has 0 unspecified atom stereocenters. The first-order valence-corrected chi connectivity index (χ1v) is 8.08. The summed E-state index contributed by atoms with van der Waals surface area (Å²) < 4.78 is 14.0. The Morgan fingerprint density at radius 2 is 2.25 bits per heavy atom. The first-order valence-electron chi connectivity index (χ1n) is 7.26. The molecule has 122 valence electrons. The van der Waals surface area contributed by atoms with Crippen LogP contribution in [0.2, 0.25) is 0 Å². The Hall–Kier alpha value is -2.66. The number of amides is 2. The molecule has 1 aliphatic carbocycles. The monoisotopic (exact) mass is 344 g/mol. The molecule has 0 N–H and O–H groups in total. The smallest absolute Gasteiger partial charge is 0.271 e. The molecule has 1 aliphatic rings. The van der Waals surface area contributed by atoms with E-state index in [0.717, 1.165) is 16.9 Å². The molecule has 1 saturated carbocycles. The predicted molar refractivity (Wildman–Crippen MR) is 84.8 cm³/mol. The number of nitrogens with zero attached hydrogens (tertiary/aromatic N) is 4. The number of thiazole rings is 1. The number of hydrogen-bond donors (Lipinski definition) is 0. The molecule has 6 nitrogen and oxygen atoms in total. The van der Waals surface area contributed by atoms with Crippen molar-refractivity contribution >= 4 is 23.2 Å². The van der Waals surface area contributed by atoms with Gasteiger partial charge in [-0.2, -0.15) is 5.26 Å². The summed E-state index contributed by atoms with van der Waals surface area (Å²) in [5.41, 5.74) is -0.827. The zero-order chi connectivity index (χ0) is 17.3. The minimum atomic E-state index is -2.00. The highest BCUT2D eigenvalue weighted by atomic mass is 32.1. The molecular weight excluding hydrogens is 331 g/mol. The summed E-state index contributed by atoms with van der Waals surface area (Å²) in [4.78, 5) is 34.1. The van der Waals surface area contributed by atoms with E-state index in [0.29, 0.717) is 15.6 Å². The van der Waals surface area contributed by atoms with Gasteiger partial charge in [-0.1, -0.05) is 0 Å². The maximum atomic E-state index is 14.0. The van der Waals surface area contributed by atoms with E-state index in [2.05, 4.69) is 9.97 Å². The zero-order valence-electron chi connectivity index (χ0n) is 12.8. The van der Waals surface area contributed by atoms with Crippen molar-refractivity contribution in [3.05, 3.63) is 35.1 Å². The average molecular weight is 344 g/mol. The van der Waals surface area contributed by atoms with E-state index in [4.69, 9.17) is 5.26 Å². The highest BCUT2D eigenvalue weighted by Gasteiger charge is 2.54. The van der Waals surface area contributed by atoms with Gasteiger partial charge in [-0.25, -0.2) is 9.37 Å². The molecule has 0 saturated heterocycles. The van der Waals surface area contributed by atoms with Crippen LogP contribution in [0.25, 0.3) is 10.6 Å². The Bertz CT molecular complexity index is 840. The Morgan fingerprint density at radius 1 is 1.50 bits per heavy atom. The second-order valence-corrected chi connectivity index (χ2v) is 6.49. The van der Waals surface area contributed by atoms with E-state index in [1.165, 1.54) is 0 Å². The zero-order valence-corrected chi connectivity index (χ0v) is 13.6. The van der Waals surface area contributed by atoms with Gasteiger partial charge in [0.25, 0.3) is 11.8 Å². The Kier molecular flexibility index (Phi) is 4.11. The van der Waals surface area contributed by atoms with E-state index >= 15 is 0 Å². The number of carbonyl (C=O) groups excluding carboxylic acids is 2. The SMILES string of the molecule is Cc1nc(-c2cccnc2)sc1C(=O)N(CC#N)C(=O)C1(F)CC1. The van der Waals surface area contributed by atoms with Crippen molar-refractivity contribution in [2.45, 2.75) is 25.4 Å². The number of aryl methyl sites for hydroxylation is 1. The van der Waals surface area contributed by atoms with Crippen LogP contribution in [0.15, 0.2) is 24.5 Å². The normalized spacial score (nSPS) is 14.7. The number of hydrogen-bond acceptors (Lipinski definition) is 6. The second kappa shape index (κ2) is 6.09. The lowest BCUT2D eigenvalue weighted by Crippen LogP contribution is -2.43. The number of rotatable bonds is 4. The van der Waals surface area contributed by atoms with Crippen LogP contribution in [0.5, 0.6) is 0 Å². The fourth-order valence-corrected chi connectivity index (χ4v) is 3.21. The van der Waals surface area contributed by atoms with Crippen molar-refractivity contribution in [2.75, 3.05) is 6.54 Å². The molecule has 0 radical (unpaired) electrons. The van der Waals surface area contributed by atoms with Gasteiger partial charge in [0.1, 0.15) is 16.4 Å². The number of carbonyl (C=O) groups is 2. The van der Waals surface area contributed by atoms with Gasteiger partial charge in [-0.3, -0.25) is 19.5 Å². The van der Waals surface area contributed by atoms with Gasteiger partial charge >= 0.3 is 0 Å². The van der Waals surface area contributed by atoms with Crippen LogP contribution in [0.4, 0.5) is 4.39 Å². The third-order valence-corrected chi connectivity index (χ3v) is 4.89. The number of aromatic nitrogens is 2. The molecule has 2 aromatic rings. The third kappa shape index (κ3) is 2.90. The summed E-state index contributed by atoms with van der Waals surface area (Å²) in [5, 5.41) is 9.46. The summed E-state index contributed by atoms with van der Waals surface area (Å²) >= 11 is 1.10. The van der Waals surface area contributed by atoms with Crippen molar-refractivity contribution in [3.63, 3.8) is 0 Å². The third-order valence-electron chi connectivity index (χ3n) is 3.69. The van der Waals surface area contributed by atoms with Gasteiger partial charge in [0.2, 0.25) is 0 Å². The van der Waals surface area contributed by atoms with Crippen molar-refractivity contribution in [1.29, 1.82) is 5.26 Å². The molecule has 2 amide bonds. The fraction of sp³-hybridized carbons (Fsp3) is 0.312. The fourth-order valence-electron chi connectivity index (χ4n) is 2.20. The maximum absolute atomic E-state index is 14.0. The van der Waals surface area contributed by atoms with Crippen molar-refractivity contribution in [3.8, 4) is 16.6 Å². The number of halogens is 1. The summed E-state index contributed by atoms with van der Waals surface area (Å²) in [7, 11) is 0. The molecule has 0 aliphatic heterocycles. The maximum Gasteiger partial charge on any atom is 0.273 e. The summed E-state index contributed by atoms with van der Waals surface area (Å²) in [5.74, 6) is -1.62. The first kappa shape index (κ1) is 16.2. The largest absolute Gasteiger partial charge is 0.273 e. The number of alkyl halides is 1. The van der Waals surface area contributed by atoms with Crippen LogP contribution in [-0.2, 0) is 4.79 Å². The van der Waals surface area contributed by atoms with Crippen LogP contribution in [0.3, 0.4) is 0 Å². The van der Waals surface area contributed by atoms with E-state index in [1.807, 2.05) is 0 Å². The van der Waals surface area contributed by atoms with Gasteiger partial charge in [0, 0.05) is 18.0 Å². The Morgan fingerprint density at radius 3 is 2.83 bits per heavy atom. The lowest BCUT2D eigenvalue weighted by Gasteiger charge is -2.18. The quantitative estimate of drug-likeness (QED) is 0.628. The lowest BCUT2D eigenvalue weighted by molar-refractivity contribution is -0.134. The van der Waals surface area contributed by atoms with Crippen molar-refractivity contribution in [1.82, 2.24) is 14.9 Å². The molecule has 24 heavy (non-hydrogen) atoms. The molecule has 0 bridgehead atoms. The molecule has 2 aromatic heterocycles. The molecule has 8 heteroatoms. The van der Waals surface area contributed by atoms with Crippen molar-refractivity contribution < 1.29 is 14.0 Å². The van der Waals surface area contributed by atoms with Crippen LogP contribution in [0.1, 0.15) is 28.2 Å². The molecule has 0 aromatic carbocycles. The highest BCUT2D eigenvalue weighted by molar-refractivity contribution is 7.17. The van der Waals surface area contributed by atoms with Crippen LogP contribution >= 0.6 is 11.3 Å². The minimum absolute atomic E-state index is 0.0870. The molecule has 0 atom stereocenters. The summed E-state index contributed by atoms with van der Waals surface area (Å²) in [6.07, 6.45) is 3.42. The minimum Gasteiger partial charge on any atom is -0.271 e. The van der Waals surface area contributed by atoms with Crippen molar-refractivity contribution in [2.24, 2.45) is 0 Å². The highest BCUT2D eigenvalue weighted by Crippen LogP contribution is 2.42. The molecular formula is C16H13FN4O2S. The summed E-state index contributed by atoms with van der Waals surface area (Å²) in [6.45, 7) is 1.16. The van der Waals surface area contributed by atoms with Crippen LogP contribution in [0, 0.1) is 18.3 Å². The summed E-state index contributed by atoms with van der Waals surface area (Å²) in [6, 6.07) is 5.30. The van der Waals surface area contributed by atoms with Gasteiger partial charge < -0.3 is 0 Å². The second-order valence-electron chi connectivity index (χ2n) is 5.50. The standard InChI is InChI=1S/C16H13FN4O2S/c1-10-12(24-13(20-10)11-3-2-7-19-9-11)14(22)21(8-6-18)15(23)16(17)4-5-16/h2-3,7,9H,4-5,8H2,1H3. The number of pyridine rings is 1. The number of nitriles is 1. The predicted octanol–water partition coefficient (Wildman–Crippen LogP) is 2.51. The van der Waals surface area contributed by atoms with E-state index < -0.39 is 24.0 Å². The van der Waals surface area contributed by atoms with Gasteiger partial charge in [0.05, 0.1) is 11.8 Å². The molecule has 0 spiro atoms. The van der Waals surface area contributed by atoms with E-state index in [9.17, 15) is 14.0 Å². The Balaban J connectivity index is 1.92. The number of imide groups is 1. The lowest BCUT2D eigenvalue weighted by atomic mass is 10.2.